The summed E-state index contributed by atoms with van der Waals surface area (Å²) in [4.78, 5) is 17.9. The monoisotopic (exact) mass is 453 g/mol. The van der Waals surface area contributed by atoms with E-state index in [2.05, 4.69) is 4.98 Å². The molecule has 0 fully saturated rings. The Kier molecular flexibility index (Phi) is 6.55. The summed E-state index contributed by atoms with van der Waals surface area (Å²) in [6.45, 7) is -0.306. The molecular weight excluding hydrogens is 433 g/mol. The molecule has 0 saturated carbocycles. The second-order valence-corrected chi connectivity index (χ2v) is 9.25. The quantitative estimate of drug-likeness (QED) is 0.568. The van der Waals surface area contributed by atoms with E-state index in [0.717, 1.165) is 6.26 Å². The van der Waals surface area contributed by atoms with Crippen molar-refractivity contribution in [2.75, 3.05) is 27.0 Å². The minimum absolute atomic E-state index is 0.0291. The average Bonchev–Trinajstić information content (AvgIpc) is 2.76. The number of ether oxygens (including phenoxy) is 1. The fourth-order valence-electron chi connectivity index (χ4n) is 2.88. The first-order valence-electron chi connectivity index (χ1n) is 9.44. The van der Waals surface area contributed by atoms with Crippen LogP contribution >= 0.6 is 0 Å². The van der Waals surface area contributed by atoms with Gasteiger partial charge in [-0.05, 0) is 48.0 Å². The van der Waals surface area contributed by atoms with E-state index < -0.39 is 15.7 Å². The third-order valence-corrected chi connectivity index (χ3v) is 5.78. The summed E-state index contributed by atoms with van der Waals surface area (Å²) in [5, 5.41) is 9.62. The van der Waals surface area contributed by atoms with Crippen LogP contribution < -0.4 is 4.74 Å². The van der Waals surface area contributed by atoms with Crippen molar-refractivity contribution in [2.24, 2.45) is 0 Å². The van der Waals surface area contributed by atoms with E-state index in [1.807, 2.05) is 6.07 Å². The van der Waals surface area contributed by atoms with Crippen LogP contribution in [0.4, 0.5) is 4.39 Å². The maximum absolute atomic E-state index is 13.5. The van der Waals surface area contributed by atoms with Crippen molar-refractivity contribution in [1.29, 1.82) is 5.26 Å². The molecule has 9 heteroatoms. The second-order valence-electron chi connectivity index (χ2n) is 7.23. The van der Waals surface area contributed by atoms with Gasteiger partial charge in [0.1, 0.15) is 17.4 Å². The highest BCUT2D eigenvalue weighted by Crippen LogP contribution is 2.35. The number of nitrogens with zero attached hydrogens (tertiary/aromatic N) is 3. The molecule has 32 heavy (non-hydrogen) atoms. The molecule has 0 saturated heterocycles. The standard InChI is InChI=1S/C23H20FN3O4S/c1-27(2)21(28)14-31-23-17(13-25)12-20(15-6-10-19(11-7-15)32(3,29)30)22(26-23)16-4-8-18(24)9-5-16/h4-12H,14H2,1-3H3. The van der Waals surface area contributed by atoms with Crippen LogP contribution in [-0.4, -0.2) is 51.2 Å². The maximum Gasteiger partial charge on any atom is 0.260 e. The van der Waals surface area contributed by atoms with E-state index in [0.29, 0.717) is 22.4 Å². The van der Waals surface area contributed by atoms with Gasteiger partial charge in [-0.1, -0.05) is 12.1 Å². The Labute approximate surface area is 185 Å². The lowest BCUT2D eigenvalue weighted by Gasteiger charge is -2.15. The number of likely N-dealkylation sites (N-methyl/N-ethyl adjacent to an activating group) is 1. The molecule has 0 spiro atoms. The molecule has 0 aliphatic rings. The van der Waals surface area contributed by atoms with Gasteiger partial charge in [-0.25, -0.2) is 17.8 Å². The van der Waals surface area contributed by atoms with Gasteiger partial charge < -0.3 is 9.64 Å². The van der Waals surface area contributed by atoms with Crippen molar-refractivity contribution in [1.82, 2.24) is 9.88 Å². The third kappa shape index (κ3) is 5.10. The molecule has 0 radical (unpaired) electrons. The van der Waals surface area contributed by atoms with E-state index in [4.69, 9.17) is 4.74 Å². The zero-order chi connectivity index (χ0) is 23.5. The molecule has 7 nitrogen and oxygen atoms in total. The molecule has 0 unspecified atom stereocenters. The summed E-state index contributed by atoms with van der Waals surface area (Å²) in [5.74, 6) is -0.757. The summed E-state index contributed by atoms with van der Waals surface area (Å²) in [5.41, 5.74) is 2.19. The fourth-order valence-corrected chi connectivity index (χ4v) is 3.51. The van der Waals surface area contributed by atoms with Gasteiger partial charge in [0.05, 0.1) is 10.6 Å². The summed E-state index contributed by atoms with van der Waals surface area (Å²) >= 11 is 0. The summed E-state index contributed by atoms with van der Waals surface area (Å²) in [6.07, 6.45) is 1.11. The number of carbonyl (C=O) groups is 1. The first kappa shape index (κ1) is 22.9. The summed E-state index contributed by atoms with van der Waals surface area (Å²) in [7, 11) is -0.215. The normalized spacial score (nSPS) is 11.0. The van der Waals surface area contributed by atoms with Gasteiger partial charge in [-0.15, -0.1) is 0 Å². The number of aromatic nitrogens is 1. The van der Waals surface area contributed by atoms with Gasteiger partial charge in [0.2, 0.25) is 5.88 Å². The maximum atomic E-state index is 13.5. The van der Waals surface area contributed by atoms with E-state index in [1.165, 1.54) is 41.3 Å². The lowest BCUT2D eigenvalue weighted by Crippen LogP contribution is -2.27. The van der Waals surface area contributed by atoms with Crippen molar-refractivity contribution in [3.05, 3.63) is 66.0 Å². The van der Waals surface area contributed by atoms with Gasteiger partial charge in [0, 0.05) is 31.5 Å². The largest absolute Gasteiger partial charge is 0.467 e. The van der Waals surface area contributed by atoms with Gasteiger partial charge in [-0.3, -0.25) is 4.79 Å². The van der Waals surface area contributed by atoms with Gasteiger partial charge in [0.15, 0.2) is 16.4 Å². The lowest BCUT2D eigenvalue weighted by molar-refractivity contribution is -0.130. The number of pyridine rings is 1. The van der Waals surface area contributed by atoms with Crippen molar-refractivity contribution < 1.29 is 22.3 Å². The molecule has 0 aliphatic heterocycles. The first-order valence-corrected chi connectivity index (χ1v) is 11.3. The van der Waals surface area contributed by atoms with Crippen molar-refractivity contribution in [3.63, 3.8) is 0 Å². The second kappa shape index (κ2) is 9.16. The van der Waals surface area contributed by atoms with Crippen LogP contribution in [0.2, 0.25) is 0 Å². The van der Waals surface area contributed by atoms with Crippen LogP contribution in [-0.2, 0) is 14.6 Å². The Morgan fingerprint density at radius 2 is 1.69 bits per heavy atom. The van der Waals surface area contributed by atoms with Crippen LogP contribution in [0.25, 0.3) is 22.4 Å². The number of rotatable bonds is 6. The van der Waals surface area contributed by atoms with Gasteiger partial charge in [-0.2, -0.15) is 5.26 Å². The zero-order valence-corrected chi connectivity index (χ0v) is 18.5. The van der Waals surface area contributed by atoms with Gasteiger partial charge >= 0.3 is 0 Å². The smallest absolute Gasteiger partial charge is 0.260 e. The molecule has 3 rings (SSSR count). The van der Waals surface area contributed by atoms with E-state index in [9.17, 15) is 22.9 Å². The Bertz CT molecular complexity index is 1300. The number of halogens is 1. The third-order valence-electron chi connectivity index (χ3n) is 4.65. The Morgan fingerprint density at radius 1 is 1.09 bits per heavy atom. The van der Waals surface area contributed by atoms with Crippen LogP contribution in [0.15, 0.2) is 59.5 Å². The van der Waals surface area contributed by atoms with Crippen molar-refractivity contribution in [2.45, 2.75) is 4.90 Å². The van der Waals surface area contributed by atoms with Crippen LogP contribution in [0.1, 0.15) is 5.56 Å². The topological polar surface area (TPSA) is 100 Å². The molecule has 164 valence electrons. The Morgan fingerprint density at radius 3 is 2.22 bits per heavy atom. The SMILES string of the molecule is CN(C)C(=O)COc1nc(-c2ccc(F)cc2)c(-c2ccc(S(C)(=O)=O)cc2)cc1C#N. The number of sulfone groups is 1. The number of nitriles is 1. The van der Waals surface area contributed by atoms with E-state index in [-0.39, 0.29) is 28.9 Å². The molecule has 1 heterocycles. The predicted molar refractivity (Wildman–Crippen MR) is 117 cm³/mol. The molecule has 0 aliphatic carbocycles. The average molecular weight is 453 g/mol. The highest BCUT2D eigenvalue weighted by Gasteiger charge is 2.18. The molecule has 0 bridgehead atoms. The number of benzene rings is 2. The molecule has 0 atom stereocenters. The first-order chi connectivity index (χ1) is 15.1. The minimum Gasteiger partial charge on any atom is -0.467 e. The predicted octanol–water partition coefficient (Wildman–Crippen LogP) is 3.30. The Hall–Kier alpha value is -3.77. The van der Waals surface area contributed by atoms with Crippen LogP contribution in [0, 0.1) is 17.1 Å². The molecule has 1 amide bonds. The lowest BCUT2D eigenvalue weighted by atomic mass is 9.98. The zero-order valence-electron chi connectivity index (χ0n) is 17.7. The number of hydrogen-bond donors (Lipinski definition) is 0. The highest BCUT2D eigenvalue weighted by molar-refractivity contribution is 7.90. The molecule has 3 aromatic rings. The number of carbonyl (C=O) groups excluding carboxylic acids is 1. The number of hydrogen-bond acceptors (Lipinski definition) is 6. The van der Waals surface area contributed by atoms with E-state index >= 15 is 0 Å². The van der Waals surface area contributed by atoms with E-state index in [1.54, 1.807) is 32.3 Å². The van der Waals surface area contributed by atoms with Crippen molar-refractivity contribution in [3.8, 4) is 34.3 Å². The van der Waals surface area contributed by atoms with Crippen LogP contribution in [0.5, 0.6) is 5.88 Å². The summed E-state index contributed by atoms with van der Waals surface area (Å²) < 4.78 is 42.6. The molecule has 0 N–H and O–H groups in total. The molecule has 1 aromatic heterocycles. The summed E-state index contributed by atoms with van der Waals surface area (Å²) in [6, 6.07) is 15.3. The van der Waals surface area contributed by atoms with Gasteiger partial charge in [0.25, 0.3) is 5.91 Å². The molecule has 2 aromatic carbocycles. The Balaban J connectivity index is 2.16. The fraction of sp³-hybridized carbons (Fsp3) is 0.174. The number of amides is 1. The van der Waals surface area contributed by atoms with Crippen LogP contribution in [0.3, 0.4) is 0 Å². The van der Waals surface area contributed by atoms with Crippen molar-refractivity contribution >= 4 is 15.7 Å². The minimum atomic E-state index is -3.38. The molecular formula is C23H20FN3O4S. The highest BCUT2D eigenvalue weighted by atomic mass is 32.2.